The number of pyridine rings is 2. The molecule has 1 saturated heterocycles. The molecule has 0 spiro atoms. The van der Waals surface area contributed by atoms with E-state index >= 15 is 0 Å². The van der Waals surface area contributed by atoms with Crippen LogP contribution in [0.3, 0.4) is 0 Å². The van der Waals surface area contributed by atoms with Crippen molar-refractivity contribution in [2.75, 3.05) is 23.3 Å². The van der Waals surface area contributed by atoms with E-state index in [4.69, 9.17) is 5.14 Å². The first-order valence-corrected chi connectivity index (χ1v) is 12.3. The molecule has 1 aliphatic carbocycles. The monoisotopic (exact) mass is 519 g/mol. The van der Waals surface area contributed by atoms with Gasteiger partial charge in [0.2, 0.25) is 5.92 Å². The maximum absolute atomic E-state index is 13.9. The molecule has 2 aromatic heterocycles. The van der Waals surface area contributed by atoms with Gasteiger partial charge >= 0.3 is 6.18 Å². The number of nitrogens with one attached hydrogen (secondary N) is 1. The Balaban J connectivity index is 1.77. The van der Waals surface area contributed by atoms with E-state index in [1.807, 2.05) is 0 Å². The summed E-state index contributed by atoms with van der Waals surface area (Å²) in [5, 5.41) is 6.83. The van der Waals surface area contributed by atoms with Crippen molar-refractivity contribution in [1.82, 2.24) is 9.97 Å². The fraction of sp³-hybridized carbons (Fsp3) is 0.476. The lowest BCUT2D eigenvalue weighted by Gasteiger charge is -2.26. The van der Waals surface area contributed by atoms with Gasteiger partial charge < -0.3 is 10.2 Å². The molecule has 35 heavy (non-hydrogen) atoms. The fourth-order valence-corrected chi connectivity index (χ4v) is 4.44. The van der Waals surface area contributed by atoms with Crippen molar-refractivity contribution in [3.05, 3.63) is 41.2 Å². The van der Waals surface area contributed by atoms with Gasteiger partial charge in [-0.05, 0) is 31.4 Å². The second-order valence-corrected chi connectivity index (χ2v) is 10.2. The van der Waals surface area contributed by atoms with Crippen molar-refractivity contribution in [3.8, 4) is 0 Å². The van der Waals surface area contributed by atoms with Crippen molar-refractivity contribution in [2.45, 2.75) is 55.1 Å². The van der Waals surface area contributed by atoms with Gasteiger partial charge in [0.25, 0.3) is 15.9 Å². The van der Waals surface area contributed by atoms with Crippen molar-refractivity contribution >= 4 is 27.4 Å². The number of carbonyl (C=O) groups excluding carboxylic acids is 1. The number of alkyl halides is 5. The van der Waals surface area contributed by atoms with Crippen LogP contribution >= 0.6 is 0 Å². The first-order valence-electron chi connectivity index (χ1n) is 10.8. The van der Waals surface area contributed by atoms with Gasteiger partial charge in [-0.3, -0.25) is 4.79 Å². The largest absolute Gasteiger partial charge is 0.418 e. The Hall–Kier alpha value is -2.87. The topological polar surface area (TPSA) is 118 Å². The fourth-order valence-electron chi connectivity index (χ4n) is 3.94. The molecule has 8 nitrogen and oxygen atoms in total. The van der Waals surface area contributed by atoms with Crippen LogP contribution in [0.15, 0.2) is 29.4 Å². The summed E-state index contributed by atoms with van der Waals surface area (Å²) in [6, 6.07) is 2.88. The van der Waals surface area contributed by atoms with E-state index in [0.29, 0.717) is 18.9 Å². The highest BCUT2D eigenvalue weighted by Crippen LogP contribution is 2.46. The van der Waals surface area contributed by atoms with Crippen LogP contribution in [0.25, 0.3) is 0 Å². The number of anilines is 2. The number of halogens is 5. The van der Waals surface area contributed by atoms with E-state index in [9.17, 15) is 35.2 Å². The summed E-state index contributed by atoms with van der Waals surface area (Å²) in [5.41, 5.74) is -1.81. The minimum Gasteiger partial charge on any atom is -0.356 e. The number of hydrogen-bond donors (Lipinski definition) is 2. The smallest absolute Gasteiger partial charge is 0.356 e. The maximum atomic E-state index is 13.9. The molecule has 2 aliphatic rings. The van der Waals surface area contributed by atoms with Gasteiger partial charge in [0.1, 0.15) is 5.82 Å². The quantitative estimate of drug-likeness (QED) is 0.579. The molecule has 190 valence electrons. The van der Waals surface area contributed by atoms with Crippen LogP contribution in [0.2, 0.25) is 0 Å². The zero-order valence-electron chi connectivity index (χ0n) is 18.3. The molecular formula is C21H22F5N5O3S. The van der Waals surface area contributed by atoms with Crippen molar-refractivity contribution in [1.29, 1.82) is 0 Å². The van der Waals surface area contributed by atoms with Gasteiger partial charge in [-0.1, -0.05) is 0 Å². The average Bonchev–Trinajstić information content (AvgIpc) is 3.60. The highest BCUT2D eigenvalue weighted by atomic mass is 32.2. The molecule has 0 bridgehead atoms. The molecule has 0 atom stereocenters. The van der Waals surface area contributed by atoms with Gasteiger partial charge in [0.05, 0.1) is 16.8 Å². The molecule has 0 unspecified atom stereocenters. The van der Waals surface area contributed by atoms with Gasteiger partial charge in [-0.2, -0.15) is 13.2 Å². The van der Waals surface area contributed by atoms with Gasteiger partial charge in [0, 0.05) is 49.8 Å². The third kappa shape index (κ3) is 5.86. The van der Waals surface area contributed by atoms with Crippen LogP contribution < -0.4 is 15.4 Å². The molecule has 0 aromatic carbocycles. The summed E-state index contributed by atoms with van der Waals surface area (Å²) >= 11 is 0. The molecule has 4 rings (SSSR count). The van der Waals surface area contributed by atoms with Gasteiger partial charge in [-0.15, -0.1) is 0 Å². The molecule has 3 N–H and O–H groups in total. The number of nitrogens with two attached hydrogens (primary N) is 1. The second kappa shape index (κ2) is 8.97. The van der Waals surface area contributed by atoms with Crippen LogP contribution in [0.5, 0.6) is 0 Å². The Morgan fingerprint density at radius 1 is 1.17 bits per heavy atom. The second-order valence-electron chi connectivity index (χ2n) is 8.64. The number of hydrogen-bond acceptors (Lipinski definition) is 6. The Kier molecular flexibility index (Phi) is 6.47. The molecule has 3 heterocycles. The van der Waals surface area contributed by atoms with Crippen LogP contribution in [0.1, 0.15) is 59.6 Å². The summed E-state index contributed by atoms with van der Waals surface area (Å²) < 4.78 is 92.5. The summed E-state index contributed by atoms with van der Waals surface area (Å²) in [6.45, 7) is -0.107. The van der Waals surface area contributed by atoms with E-state index in [0.717, 1.165) is 12.3 Å². The predicted molar refractivity (Wildman–Crippen MR) is 116 cm³/mol. The number of primary sulfonamides is 1. The molecule has 1 amide bonds. The maximum Gasteiger partial charge on any atom is 0.418 e. The molecule has 1 saturated carbocycles. The zero-order valence-corrected chi connectivity index (χ0v) is 19.1. The molecule has 14 heteroatoms. The van der Waals surface area contributed by atoms with E-state index in [1.54, 1.807) is 0 Å². The first-order chi connectivity index (χ1) is 16.2. The Morgan fingerprint density at radius 3 is 2.51 bits per heavy atom. The number of carbonyl (C=O) groups is 1. The van der Waals surface area contributed by atoms with E-state index in [-0.39, 0.29) is 43.1 Å². The lowest BCUT2D eigenvalue weighted by Crippen LogP contribution is -2.30. The van der Waals surface area contributed by atoms with Crippen LogP contribution in [0.4, 0.5) is 33.5 Å². The first kappa shape index (κ1) is 25.2. The molecule has 1 aliphatic heterocycles. The number of sulfonamides is 1. The third-order valence-corrected chi connectivity index (χ3v) is 6.65. The van der Waals surface area contributed by atoms with Crippen molar-refractivity contribution < 1.29 is 35.2 Å². The SMILES string of the molecule is NS(=O)(=O)c1cc(NC(=O)c2cc(C(F)(F)F)c(C3CC3)nc2N2CCCC(F)(F)CC2)ccn1. The van der Waals surface area contributed by atoms with Gasteiger partial charge in [-0.25, -0.2) is 32.3 Å². The number of aromatic nitrogens is 2. The Morgan fingerprint density at radius 2 is 1.89 bits per heavy atom. The minimum absolute atomic E-state index is 0.0671. The molecule has 2 fully saturated rings. The lowest BCUT2D eigenvalue weighted by atomic mass is 10.0. The van der Waals surface area contributed by atoms with Gasteiger partial charge in [0.15, 0.2) is 5.03 Å². The molecule has 0 radical (unpaired) electrons. The van der Waals surface area contributed by atoms with Crippen LogP contribution in [-0.4, -0.2) is 43.3 Å². The summed E-state index contributed by atoms with van der Waals surface area (Å²) in [7, 11) is -4.20. The summed E-state index contributed by atoms with van der Waals surface area (Å²) in [5.74, 6) is -4.48. The highest BCUT2D eigenvalue weighted by molar-refractivity contribution is 7.89. The normalized spacial score (nSPS) is 18.7. The Labute approximate surface area is 197 Å². The van der Waals surface area contributed by atoms with Crippen molar-refractivity contribution in [3.63, 3.8) is 0 Å². The van der Waals surface area contributed by atoms with Crippen LogP contribution in [0, 0.1) is 0 Å². The van der Waals surface area contributed by atoms with E-state index in [2.05, 4.69) is 15.3 Å². The number of rotatable bonds is 5. The number of nitrogens with zero attached hydrogens (tertiary/aromatic N) is 3. The summed E-state index contributed by atoms with van der Waals surface area (Å²) in [6.07, 6.45) is -3.56. The molecular weight excluding hydrogens is 497 g/mol. The van der Waals surface area contributed by atoms with Crippen molar-refractivity contribution in [2.24, 2.45) is 5.14 Å². The number of amides is 1. The van der Waals surface area contributed by atoms with E-state index < -0.39 is 56.5 Å². The third-order valence-electron chi connectivity index (χ3n) is 5.85. The lowest BCUT2D eigenvalue weighted by molar-refractivity contribution is -0.138. The predicted octanol–water partition coefficient (Wildman–Crippen LogP) is 3.90. The summed E-state index contributed by atoms with van der Waals surface area (Å²) in [4.78, 5) is 22.3. The molecule has 2 aromatic rings. The minimum atomic E-state index is -4.79. The average molecular weight is 519 g/mol. The zero-order chi connectivity index (χ0) is 25.6. The van der Waals surface area contributed by atoms with Crippen LogP contribution in [-0.2, 0) is 16.2 Å². The Bertz CT molecular complexity index is 1250. The van der Waals surface area contributed by atoms with E-state index in [1.165, 1.54) is 11.0 Å². The standard InChI is InChI=1S/C21H22F5N5O3S/c22-20(23)5-1-8-31(9-6-20)18-14(11-15(21(24,25)26)17(30-18)12-2-3-12)19(32)29-13-4-7-28-16(10-13)35(27,33)34/h4,7,10-12H,1-3,5-6,8-9H2,(H2,27,33,34)(H,28,29,32). The highest BCUT2D eigenvalue weighted by Gasteiger charge is 2.42.